The molecule has 0 unspecified atom stereocenters. The predicted molar refractivity (Wildman–Crippen MR) is 195 cm³/mol. The van der Waals surface area contributed by atoms with Crippen molar-refractivity contribution < 1.29 is 28.2 Å². The zero-order valence-corrected chi connectivity index (χ0v) is 28.5. The van der Waals surface area contributed by atoms with Crippen molar-refractivity contribution in [3.8, 4) is 0 Å². The maximum Gasteiger partial charge on any atom is 0.338 e. The molecule has 3 heterocycles. The zero-order valence-electron chi connectivity index (χ0n) is 28.5. The van der Waals surface area contributed by atoms with Gasteiger partial charge in [0.15, 0.2) is 0 Å². The van der Waals surface area contributed by atoms with E-state index in [-0.39, 0.29) is 40.7 Å². The van der Waals surface area contributed by atoms with Gasteiger partial charge in [-0.05, 0) is 60.4 Å². The highest BCUT2D eigenvalue weighted by Crippen LogP contribution is 2.22. The molecule has 0 saturated carbocycles. The van der Waals surface area contributed by atoms with Crippen LogP contribution in [0.4, 0.5) is 8.78 Å². The van der Waals surface area contributed by atoms with Gasteiger partial charge in [0, 0.05) is 36.7 Å². The first kappa shape index (κ1) is 36.5. The lowest BCUT2D eigenvalue weighted by Crippen LogP contribution is -2.41. The molecule has 0 aliphatic carbocycles. The Morgan fingerprint density at radius 1 is 0.774 bits per heavy atom. The zero-order chi connectivity index (χ0) is 37.5. The average molecular weight is 720 g/mol. The third-order valence-electron chi connectivity index (χ3n) is 8.99. The van der Waals surface area contributed by atoms with Crippen molar-refractivity contribution in [2.45, 2.75) is 31.8 Å². The summed E-state index contributed by atoms with van der Waals surface area (Å²) in [7, 11) is 0. The quantitative estimate of drug-likeness (QED) is 0.158. The van der Waals surface area contributed by atoms with E-state index in [1.807, 2.05) is 12.1 Å². The fraction of sp³-hybridized carbons (Fsp3) is 0.200. The summed E-state index contributed by atoms with van der Waals surface area (Å²) in [6, 6.07) is 22.6. The second-order valence-electron chi connectivity index (χ2n) is 12.5. The molecule has 13 heteroatoms. The van der Waals surface area contributed by atoms with Crippen molar-refractivity contribution in [2.75, 3.05) is 19.7 Å². The fourth-order valence-electron chi connectivity index (χ4n) is 6.29. The van der Waals surface area contributed by atoms with E-state index < -0.39 is 17.6 Å². The van der Waals surface area contributed by atoms with Crippen molar-refractivity contribution in [2.24, 2.45) is 0 Å². The molecular formula is C40H35F2N5O6. The van der Waals surface area contributed by atoms with E-state index in [4.69, 9.17) is 9.84 Å². The minimum absolute atomic E-state index is 0.0525. The number of hydrogen-bond donors (Lipinski definition) is 3. The second-order valence-corrected chi connectivity index (χ2v) is 12.5. The summed E-state index contributed by atoms with van der Waals surface area (Å²) in [4.78, 5) is 49.3. The molecular weight excluding hydrogens is 684 g/mol. The highest BCUT2D eigenvalue weighted by Gasteiger charge is 2.26. The Hall–Kier alpha value is -6.34. The Bertz CT molecular complexity index is 2440. The number of amides is 1. The van der Waals surface area contributed by atoms with Gasteiger partial charge in [0.1, 0.15) is 11.6 Å². The van der Waals surface area contributed by atoms with Gasteiger partial charge in [-0.15, -0.1) is 6.58 Å². The van der Waals surface area contributed by atoms with Gasteiger partial charge in [0.25, 0.3) is 17.0 Å². The molecule has 0 radical (unpaired) electrons. The van der Waals surface area contributed by atoms with E-state index in [1.165, 1.54) is 18.2 Å². The van der Waals surface area contributed by atoms with Crippen LogP contribution >= 0.6 is 0 Å². The van der Waals surface area contributed by atoms with E-state index in [0.717, 1.165) is 17.0 Å². The van der Waals surface area contributed by atoms with Crippen molar-refractivity contribution in [3.05, 3.63) is 164 Å². The molecule has 270 valence electrons. The van der Waals surface area contributed by atoms with Crippen LogP contribution in [0.15, 0.2) is 107 Å². The van der Waals surface area contributed by atoms with E-state index in [9.17, 15) is 28.0 Å². The summed E-state index contributed by atoms with van der Waals surface area (Å²) < 4.78 is 33.6. The van der Waals surface area contributed by atoms with Gasteiger partial charge in [-0.25, -0.2) is 23.8 Å². The Balaban J connectivity index is 0.000000192. The number of carbonyl (C=O) groups excluding carboxylic acids is 1. The Kier molecular flexibility index (Phi) is 11.2. The SMILES string of the molecule is C=CCOC1CCN(C(=O)c2cc(Cc3n[nH]c(=O)c4ccccc34)ccc2F)CC1.O=C(O)c1cc(Cc2n[nH]c(=O)c3ccccc23)ccc1F. The number of carbonyl (C=O) groups is 2. The van der Waals surface area contributed by atoms with Crippen LogP contribution in [0.1, 0.15) is 56.1 Å². The van der Waals surface area contributed by atoms with E-state index in [0.29, 0.717) is 72.1 Å². The monoisotopic (exact) mass is 719 g/mol. The number of H-pyrrole nitrogens is 2. The number of likely N-dealkylation sites (tertiary alicyclic amines) is 1. The maximum atomic E-state index is 14.5. The minimum atomic E-state index is -1.32. The summed E-state index contributed by atoms with van der Waals surface area (Å²) in [6.45, 7) is 5.18. The van der Waals surface area contributed by atoms with Crippen molar-refractivity contribution in [1.29, 1.82) is 0 Å². The van der Waals surface area contributed by atoms with Gasteiger partial charge in [0.2, 0.25) is 0 Å². The number of carboxylic acids is 1. The van der Waals surface area contributed by atoms with Gasteiger partial charge in [-0.2, -0.15) is 10.2 Å². The number of piperidine rings is 1. The molecule has 0 spiro atoms. The second kappa shape index (κ2) is 16.3. The van der Waals surface area contributed by atoms with Gasteiger partial charge in [-0.1, -0.05) is 54.6 Å². The molecule has 1 aliphatic rings. The molecule has 2 aromatic heterocycles. The lowest BCUT2D eigenvalue weighted by molar-refractivity contribution is 0.0209. The molecule has 4 aromatic carbocycles. The molecule has 1 aliphatic heterocycles. The highest BCUT2D eigenvalue weighted by molar-refractivity contribution is 5.95. The fourth-order valence-corrected chi connectivity index (χ4v) is 6.29. The standard InChI is InChI=1S/C24H24FN3O3.C16H11FN2O3/c1-2-13-31-17-9-11-28(12-10-17)24(30)20-14-16(7-8-21(20)25)15-22-18-5-3-4-6-19(18)23(29)27-26-22;17-13-6-5-9(7-12(13)16(21)22)8-14-10-3-1-2-4-11(10)15(20)19-18-14/h2-8,14,17H,1,9-13,15H2,(H,27,29);1-7H,8H2,(H,19,20)(H,21,22). The molecule has 1 saturated heterocycles. The van der Waals surface area contributed by atoms with E-state index >= 15 is 0 Å². The average Bonchev–Trinajstić information content (AvgIpc) is 3.18. The third kappa shape index (κ3) is 8.42. The van der Waals surface area contributed by atoms with Crippen LogP contribution in [0.3, 0.4) is 0 Å². The van der Waals surface area contributed by atoms with Crippen LogP contribution < -0.4 is 11.1 Å². The number of rotatable bonds is 9. The molecule has 11 nitrogen and oxygen atoms in total. The summed E-state index contributed by atoms with van der Waals surface area (Å²) in [6.07, 6.45) is 3.90. The number of aromatic nitrogens is 4. The molecule has 0 atom stereocenters. The van der Waals surface area contributed by atoms with E-state index in [1.54, 1.807) is 59.5 Å². The van der Waals surface area contributed by atoms with E-state index in [2.05, 4.69) is 27.0 Å². The number of nitrogens with zero attached hydrogens (tertiary/aromatic N) is 3. The first-order valence-electron chi connectivity index (χ1n) is 16.9. The maximum absolute atomic E-state index is 14.5. The van der Waals surface area contributed by atoms with Crippen LogP contribution in [-0.4, -0.2) is 68.1 Å². The molecule has 53 heavy (non-hydrogen) atoms. The topological polar surface area (TPSA) is 158 Å². The number of fused-ring (bicyclic) bond motifs is 2. The Morgan fingerprint density at radius 3 is 1.74 bits per heavy atom. The molecule has 7 rings (SSSR count). The predicted octanol–water partition coefficient (Wildman–Crippen LogP) is 5.81. The summed E-state index contributed by atoms with van der Waals surface area (Å²) in [5, 5.41) is 24.6. The largest absolute Gasteiger partial charge is 0.478 e. The number of carboxylic acid groups (broad SMARTS) is 1. The number of halogens is 2. The van der Waals surface area contributed by atoms with Gasteiger partial charge < -0.3 is 14.7 Å². The number of benzene rings is 4. The normalized spacial score (nSPS) is 13.1. The Morgan fingerprint density at radius 2 is 1.25 bits per heavy atom. The number of nitrogens with one attached hydrogen (secondary N) is 2. The number of ether oxygens (including phenoxy) is 1. The van der Waals surface area contributed by atoms with Crippen molar-refractivity contribution >= 4 is 33.4 Å². The minimum Gasteiger partial charge on any atom is -0.478 e. The van der Waals surface area contributed by atoms with Crippen LogP contribution in [0, 0.1) is 11.6 Å². The first-order valence-corrected chi connectivity index (χ1v) is 16.9. The smallest absolute Gasteiger partial charge is 0.338 e. The lowest BCUT2D eigenvalue weighted by atomic mass is 10.0. The Labute approximate surface area is 301 Å². The summed E-state index contributed by atoms with van der Waals surface area (Å²) in [5.41, 5.74) is 1.74. The van der Waals surface area contributed by atoms with Crippen LogP contribution in [0.2, 0.25) is 0 Å². The van der Waals surface area contributed by atoms with Crippen molar-refractivity contribution in [1.82, 2.24) is 25.3 Å². The number of hydrogen-bond acceptors (Lipinski definition) is 7. The van der Waals surface area contributed by atoms with Crippen molar-refractivity contribution in [3.63, 3.8) is 0 Å². The van der Waals surface area contributed by atoms with Crippen LogP contribution in [-0.2, 0) is 17.6 Å². The van der Waals surface area contributed by atoms with Gasteiger partial charge >= 0.3 is 5.97 Å². The molecule has 6 aromatic rings. The summed E-state index contributed by atoms with van der Waals surface area (Å²) >= 11 is 0. The molecule has 1 amide bonds. The molecule has 0 bridgehead atoms. The molecule has 1 fully saturated rings. The third-order valence-corrected chi connectivity index (χ3v) is 8.99. The number of aromatic carboxylic acids is 1. The summed E-state index contributed by atoms with van der Waals surface area (Å²) in [5.74, 6) is -2.96. The van der Waals surface area contributed by atoms with Gasteiger partial charge in [0.05, 0.1) is 46.0 Å². The molecule has 3 N–H and O–H groups in total. The highest BCUT2D eigenvalue weighted by atomic mass is 19.1. The van der Waals surface area contributed by atoms with Crippen LogP contribution in [0.5, 0.6) is 0 Å². The van der Waals surface area contributed by atoms with Gasteiger partial charge in [-0.3, -0.25) is 14.4 Å². The first-order chi connectivity index (χ1) is 25.6. The van der Waals surface area contributed by atoms with Crippen LogP contribution in [0.25, 0.3) is 21.5 Å². The lowest BCUT2D eigenvalue weighted by Gasteiger charge is -2.32. The number of aromatic amines is 2.